The minimum absolute atomic E-state index is 0.0755. The number of carbonyl (C=O) groups is 1. The minimum atomic E-state index is -0.0755. The van der Waals surface area contributed by atoms with Crippen molar-refractivity contribution in [2.75, 3.05) is 27.9 Å². The number of carbonyl (C=O) groups excluding carboxylic acids is 1. The largest absolute Gasteiger partial charge is 0.469 e. The first-order chi connectivity index (χ1) is 12.2. The molecule has 0 aromatic rings. The molecular formula is C21H42O4. The fourth-order valence-electron chi connectivity index (χ4n) is 3.14. The fourth-order valence-corrected chi connectivity index (χ4v) is 3.14. The Kier molecular flexibility index (Phi) is 19.2. The molecule has 0 fully saturated rings. The molecule has 0 bridgehead atoms. The number of hydrogen-bond donors (Lipinski definition) is 0. The molecule has 0 spiro atoms. The third-order valence-electron chi connectivity index (χ3n) is 4.82. The number of unbranched alkanes of at least 4 members (excludes halogenated alkanes) is 12. The first-order valence-corrected chi connectivity index (χ1v) is 10.3. The fraction of sp³-hybridized carbons (Fsp3) is 0.952. The normalized spacial score (nSPS) is 12.3. The van der Waals surface area contributed by atoms with Crippen LogP contribution in [-0.4, -0.2) is 40.0 Å². The molecule has 0 aliphatic carbocycles. The number of methoxy groups -OCH3 is 3. The lowest BCUT2D eigenvalue weighted by atomic mass is 10.0. The highest BCUT2D eigenvalue weighted by molar-refractivity contribution is 5.68. The van der Waals surface area contributed by atoms with E-state index in [1.165, 1.54) is 77.7 Å². The molecule has 0 aliphatic heterocycles. The van der Waals surface area contributed by atoms with Gasteiger partial charge in [-0.25, -0.2) is 0 Å². The van der Waals surface area contributed by atoms with Crippen molar-refractivity contribution in [3.8, 4) is 0 Å². The Hall–Kier alpha value is -0.610. The molecule has 25 heavy (non-hydrogen) atoms. The summed E-state index contributed by atoms with van der Waals surface area (Å²) in [7, 11) is 4.96. The summed E-state index contributed by atoms with van der Waals surface area (Å²) in [6.45, 7) is 0.710. The molecule has 0 heterocycles. The van der Waals surface area contributed by atoms with Crippen LogP contribution in [0.5, 0.6) is 0 Å². The molecule has 0 radical (unpaired) electrons. The van der Waals surface area contributed by atoms with E-state index < -0.39 is 0 Å². The highest BCUT2D eigenvalue weighted by Gasteiger charge is 2.05. The van der Waals surface area contributed by atoms with Crippen LogP contribution in [0.3, 0.4) is 0 Å². The molecule has 1 atom stereocenters. The van der Waals surface area contributed by atoms with E-state index >= 15 is 0 Å². The number of ether oxygens (including phenoxy) is 3. The Morgan fingerprint density at radius 2 is 1.12 bits per heavy atom. The van der Waals surface area contributed by atoms with Crippen LogP contribution >= 0.6 is 0 Å². The topological polar surface area (TPSA) is 44.8 Å². The van der Waals surface area contributed by atoms with Crippen LogP contribution in [0.25, 0.3) is 0 Å². The highest BCUT2D eigenvalue weighted by atomic mass is 16.5. The second-order valence-corrected chi connectivity index (χ2v) is 7.02. The maximum absolute atomic E-state index is 11.0. The Labute approximate surface area is 156 Å². The van der Waals surface area contributed by atoms with Gasteiger partial charge in [0.2, 0.25) is 0 Å². The van der Waals surface area contributed by atoms with Crippen LogP contribution in [0.4, 0.5) is 0 Å². The van der Waals surface area contributed by atoms with E-state index in [2.05, 4.69) is 4.74 Å². The maximum atomic E-state index is 11.0. The number of rotatable bonds is 19. The summed E-state index contributed by atoms with van der Waals surface area (Å²) in [4.78, 5) is 11.0. The number of esters is 1. The Morgan fingerprint density at radius 3 is 1.52 bits per heavy atom. The van der Waals surface area contributed by atoms with Gasteiger partial charge in [0, 0.05) is 20.6 Å². The maximum Gasteiger partial charge on any atom is 0.305 e. The van der Waals surface area contributed by atoms with Crippen molar-refractivity contribution >= 4 is 5.97 Å². The van der Waals surface area contributed by atoms with E-state index in [4.69, 9.17) is 9.47 Å². The Morgan fingerprint density at radius 1 is 0.680 bits per heavy atom. The summed E-state index contributed by atoms with van der Waals surface area (Å²) in [5.41, 5.74) is 0. The summed E-state index contributed by atoms with van der Waals surface area (Å²) in [5, 5.41) is 0. The van der Waals surface area contributed by atoms with Gasteiger partial charge in [0.05, 0.1) is 19.8 Å². The molecule has 0 N–H and O–H groups in total. The van der Waals surface area contributed by atoms with Crippen molar-refractivity contribution in [1.29, 1.82) is 0 Å². The quantitative estimate of drug-likeness (QED) is 0.220. The van der Waals surface area contributed by atoms with E-state index in [9.17, 15) is 4.79 Å². The van der Waals surface area contributed by atoms with Crippen molar-refractivity contribution in [3.05, 3.63) is 0 Å². The van der Waals surface area contributed by atoms with Crippen LogP contribution in [0.1, 0.15) is 96.3 Å². The first kappa shape index (κ1) is 24.4. The lowest BCUT2D eigenvalue weighted by Gasteiger charge is -2.13. The average molecular weight is 359 g/mol. The van der Waals surface area contributed by atoms with Gasteiger partial charge >= 0.3 is 5.97 Å². The lowest BCUT2D eigenvalue weighted by Crippen LogP contribution is -2.16. The van der Waals surface area contributed by atoms with Crippen LogP contribution in [-0.2, 0) is 19.0 Å². The standard InChI is InChI=1S/C21H42O4/c1-23-19-20(24-2)17-15-13-11-9-7-5-4-6-8-10-12-14-16-18-21(22)25-3/h20H,4-19H2,1-3H3. The van der Waals surface area contributed by atoms with Crippen LogP contribution in [0, 0.1) is 0 Å². The Balaban J connectivity index is 3.13. The van der Waals surface area contributed by atoms with E-state index in [0.29, 0.717) is 13.0 Å². The molecule has 0 rings (SSSR count). The zero-order chi connectivity index (χ0) is 18.6. The van der Waals surface area contributed by atoms with Gasteiger partial charge in [0.1, 0.15) is 0 Å². The zero-order valence-electron chi connectivity index (χ0n) is 17.0. The highest BCUT2D eigenvalue weighted by Crippen LogP contribution is 2.14. The Bertz CT molecular complexity index is 281. The van der Waals surface area contributed by atoms with Crippen molar-refractivity contribution in [3.63, 3.8) is 0 Å². The molecule has 0 aromatic heterocycles. The molecular weight excluding hydrogens is 316 g/mol. The average Bonchev–Trinajstić information content (AvgIpc) is 2.63. The summed E-state index contributed by atoms with van der Waals surface area (Å²) < 4.78 is 15.1. The van der Waals surface area contributed by atoms with Gasteiger partial charge in [-0.1, -0.05) is 77.0 Å². The van der Waals surface area contributed by atoms with E-state index in [-0.39, 0.29) is 12.1 Å². The lowest BCUT2D eigenvalue weighted by molar-refractivity contribution is -0.140. The molecule has 0 aliphatic rings. The third kappa shape index (κ3) is 18.0. The molecule has 150 valence electrons. The van der Waals surface area contributed by atoms with Gasteiger partial charge in [-0.3, -0.25) is 4.79 Å². The first-order valence-electron chi connectivity index (χ1n) is 10.3. The molecule has 1 unspecified atom stereocenters. The minimum Gasteiger partial charge on any atom is -0.469 e. The summed E-state index contributed by atoms with van der Waals surface area (Å²) in [6, 6.07) is 0. The molecule has 4 nitrogen and oxygen atoms in total. The van der Waals surface area contributed by atoms with E-state index in [1.807, 2.05) is 0 Å². The van der Waals surface area contributed by atoms with E-state index in [0.717, 1.165) is 19.3 Å². The predicted molar refractivity (Wildman–Crippen MR) is 104 cm³/mol. The smallest absolute Gasteiger partial charge is 0.305 e. The summed E-state index contributed by atoms with van der Waals surface area (Å²) >= 11 is 0. The van der Waals surface area contributed by atoms with Gasteiger partial charge in [-0.2, -0.15) is 0 Å². The van der Waals surface area contributed by atoms with Crippen molar-refractivity contribution < 1.29 is 19.0 Å². The van der Waals surface area contributed by atoms with Crippen LogP contribution in [0.2, 0.25) is 0 Å². The third-order valence-corrected chi connectivity index (χ3v) is 4.82. The molecule has 0 saturated heterocycles. The van der Waals surface area contributed by atoms with Crippen LogP contribution in [0.15, 0.2) is 0 Å². The zero-order valence-corrected chi connectivity index (χ0v) is 17.0. The van der Waals surface area contributed by atoms with Gasteiger partial charge in [-0.15, -0.1) is 0 Å². The van der Waals surface area contributed by atoms with Crippen LogP contribution < -0.4 is 0 Å². The summed E-state index contributed by atoms with van der Waals surface area (Å²) in [5.74, 6) is -0.0755. The monoisotopic (exact) mass is 358 g/mol. The second-order valence-electron chi connectivity index (χ2n) is 7.02. The SMILES string of the molecule is COCC(CCCCCCCCCCCCCCCC(=O)OC)OC. The van der Waals surface area contributed by atoms with Gasteiger partial charge in [-0.05, 0) is 12.8 Å². The van der Waals surface area contributed by atoms with Crippen molar-refractivity contribution in [2.24, 2.45) is 0 Å². The summed E-state index contributed by atoms with van der Waals surface area (Å²) in [6.07, 6.45) is 18.8. The second kappa shape index (κ2) is 19.7. The van der Waals surface area contributed by atoms with Crippen molar-refractivity contribution in [1.82, 2.24) is 0 Å². The van der Waals surface area contributed by atoms with E-state index in [1.54, 1.807) is 14.2 Å². The van der Waals surface area contributed by atoms with Crippen molar-refractivity contribution in [2.45, 2.75) is 102 Å². The van der Waals surface area contributed by atoms with Gasteiger partial charge in [0.15, 0.2) is 0 Å². The predicted octanol–water partition coefficient (Wildman–Crippen LogP) is 5.67. The van der Waals surface area contributed by atoms with Gasteiger partial charge in [0.25, 0.3) is 0 Å². The molecule has 4 heteroatoms. The number of hydrogen-bond acceptors (Lipinski definition) is 4. The molecule has 0 saturated carbocycles. The molecule has 0 amide bonds. The molecule has 0 aromatic carbocycles. The van der Waals surface area contributed by atoms with Gasteiger partial charge < -0.3 is 14.2 Å².